The van der Waals surface area contributed by atoms with Crippen LogP contribution in [0, 0.1) is 6.92 Å². The average Bonchev–Trinajstić information content (AvgIpc) is 3.16. The molecule has 1 aliphatic rings. The zero-order chi connectivity index (χ0) is 22.0. The molecular formula is C24H24ClN3O3. The highest BCUT2D eigenvalue weighted by Crippen LogP contribution is 2.24. The standard InChI is InChI=1S/C24H24ClN3O3/c1-16-8-9-20(25)19(15-16)23(30)26-21-6-2-5-18-17(21)10-14-28(24(18)31)13-4-12-27-11-3-7-22(27)29/h2,5-6,8-10,14-15H,3-4,7,11-13H2,1H3,(H,26,30). The van der Waals surface area contributed by atoms with E-state index in [0.29, 0.717) is 46.6 Å². The molecule has 3 aromatic rings. The fourth-order valence-corrected chi connectivity index (χ4v) is 4.18. The second kappa shape index (κ2) is 8.94. The molecule has 0 aliphatic carbocycles. The maximum atomic E-state index is 13.0. The first-order valence-electron chi connectivity index (χ1n) is 10.4. The van der Waals surface area contributed by atoms with E-state index < -0.39 is 0 Å². The fraction of sp³-hybridized carbons (Fsp3) is 0.292. The van der Waals surface area contributed by atoms with Crippen LogP contribution in [0.5, 0.6) is 0 Å². The fourth-order valence-electron chi connectivity index (χ4n) is 3.98. The number of carbonyl (C=O) groups is 2. The van der Waals surface area contributed by atoms with Gasteiger partial charge in [-0.1, -0.05) is 29.3 Å². The predicted molar refractivity (Wildman–Crippen MR) is 123 cm³/mol. The average molecular weight is 438 g/mol. The number of fused-ring (bicyclic) bond motifs is 1. The first-order valence-corrected chi connectivity index (χ1v) is 10.8. The van der Waals surface area contributed by atoms with Crippen molar-refractivity contribution in [3.63, 3.8) is 0 Å². The van der Waals surface area contributed by atoms with E-state index >= 15 is 0 Å². The van der Waals surface area contributed by atoms with E-state index in [1.165, 1.54) is 0 Å². The zero-order valence-electron chi connectivity index (χ0n) is 17.4. The molecule has 0 spiro atoms. The molecule has 7 heteroatoms. The first kappa shape index (κ1) is 21.1. The summed E-state index contributed by atoms with van der Waals surface area (Å²) in [7, 11) is 0. The molecule has 2 amide bonds. The van der Waals surface area contributed by atoms with Crippen LogP contribution in [-0.4, -0.2) is 34.4 Å². The number of aromatic nitrogens is 1. The van der Waals surface area contributed by atoms with Gasteiger partial charge >= 0.3 is 0 Å². The number of benzene rings is 2. The highest BCUT2D eigenvalue weighted by molar-refractivity contribution is 6.34. The number of hydrogen-bond donors (Lipinski definition) is 1. The topological polar surface area (TPSA) is 71.4 Å². The Morgan fingerprint density at radius 2 is 1.94 bits per heavy atom. The monoisotopic (exact) mass is 437 g/mol. The second-order valence-electron chi connectivity index (χ2n) is 7.86. The quantitative estimate of drug-likeness (QED) is 0.627. The van der Waals surface area contributed by atoms with Crippen LogP contribution in [0.4, 0.5) is 5.69 Å². The van der Waals surface area contributed by atoms with Gasteiger partial charge in [0.1, 0.15) is 0 Å². The molecular weight excluding hydrogens is 414 g/mol. The predicted octanol–water partition coefficient (Wildman–Crippen LogP) is 4.23. The van der Waals surface area contributed by atoms with Gasteiger partial charge in [-0.05, 0) is 50.1 Å². The number of carbonyl (C=O) groups excluding carboxylic acids is 2. The Hall–Kier alpha value is -3.12. The van der Waals surface area contributed by atoms with E-state index in [1.54, 1.807) is 41.1 Å². The summed E-state index contributed by atoms with van der Waals surface area (Å²) in [5.74, 6) is -0.124. The van der Waals surface area contributed by atoms with Gasteiger partial charge in [0, 0.05) is 48.7 Å². The third-order valence-corrected chi connectivity index (χ3v) is 5.96. The molecule has 1 fully saturated rings. The SMILES string of the molecule is Cc1ccc(Cl)c(C(=O)Nc2cccc3c(=O)n(CCCN4CCCC4=O)ccc23)c1. The minimum atomic E-state index is -0.319. The number of halogens is 1. The largest absolute Gasteiger partial charge is 0.343 e. The minimum Gasteiger partial charge on any atom is -0.343 e. The van der Waals surface area contributed by atoms with Gasteiger partial charge in [-0.3, -0.25) is 14.4 Å². The van der Waals surface area contributed by atoms with Gasteiger partial charge in [0.25, 0.3) is 11.5 Å². The summed E-state index contributed by atoms with van der Waals surface area (Å²) in [5.41, 5.74) is 1.77. The number of aryl methyl sites for hydroxylation is 2. The number of amides is 2. The summed E-state index contributed by atoms with van der Waals surface area (Å²) in [4.78, 5) is 39.3. The number of hydrogen-bond acceptors (Lipinski definition) is 3. The number of likely N-dealkylation sites (tertiary alicyclic amines) is 1. The molecule has 2 heterocycles. The lowest BCUT2D eigenvalue weighted by Gasteiger charge is -2.16. The highest BCUT2D eigenvalue weighted by atomic mass is 35.5. The van der Waals surface area contributed by atoms with E-state index in [1.807, 2.05) is 24.0 Å². The van der Waals surface area contributed by atoms with E-state index in [4.69, 9.17) is 11.6 Å². The maximum Gasteiger partial charge on any atom is 0.258 e. The van der Waals surface area contributed by atoms with Crippen LogP contribution in [0.1, 0.15) is 35.2 Å². The lowest BCUT2D eigenvalue weighted by molar-refractivity contribution is -0.127. The Labute approximate surface area is 185 Å². The second-order valence-corrected chi connectivity index (χ2v) is 8.26. The van der Waals surface area contributed by atoms with Crippen molar-refractivity contribution in [1.82, 2.24) is 9.47 Å². The van der Waals surface area contributed by atoms with Crippen LogP contribution in [0.15, 0.2) is 53.5 Å². The van der Waals surface area contributed by atoms with Crippen molar-refractivity contribution < 1.29 is 9.59 Å². The Morgan fingerprint density at radius 3 is 2.71 bits per heavy atom. The van der Waals surface area contributed by atoms with Crippen molar-refractivity contribution in [3.05, 3.63) is 75.2 Å². The summed E-state index contributed by atoms with van der Waals surface area (Å²) >= 11 is 6.19. The van der Waals surface area contributed by atoms with Crippen molar-refractivity contribution in [2.24, 2.45) is 0 Å². The molecule has 0 saturated carbocycles. The molecule has 6 nitrogen and oxygen atoms in total. The minimum absolute atomic E-state index is 0.116. The molecule has 160 valence electrons. The number of anilines is 1. The Balaban J connectivity index is 1.54. The van der Waals surface area contributed by atoms with Crippen molar-refractivity contribution in [1.29, 1.82) is 0 Å². The van der Waals surface area contributed by atoms with Gasteiger partial charge in [-0.2, -0.15) is 0 Å². The van der Waals surface area contributed by atoms with Crippen LogP contribution in [0.2, 0.25) is 5.02 Å². The van der Waals surface area contributed by atoms with Crippen molar-refractivity contribution in [2.45, 2.75) is 32.7 Å². The third-order valence-electron chi connectivity index (χ3n) is 5.63. The molecule has 0 radical (unpaired) electrons. The Bertz CT molecular complexity index is 1220. The molecule has 4 rings (SSSR count). The molecule has 1 aliphatic heterocycles. The van der Waals surface area contributed by atoms with Crippen LogP contribution in [0.3, 0.4) is 0 Å². The smallest absolute Gasteiger partial charge is 0.258 e. The zero-order valence-corrected chi connectivity index (χ0v) is 18.1. The van der Waals surface area contributed by atoms with Crippen LogP contribution in [0.25, 0.3) is 10.8 Å². The third kappa shape index (κ3) is 4.49. The molecule has 31 heavy (non-hydrogen) atoms. The number of pyridine rings is 1. The van der Waals surface area contributed by atoms with Gasteiger partial charge in [-0.25, -0.2) is 0 Å². The Kier molecular flexibility index (Phi) is 6.09. The van der Waals surface area contributed by atoms with E-state index in [9.17, 15) is 14.4 Å². The molecule has 0 bridgehead atoms. The molecule has 0 atom stereocenters. The maximum absolute atomic E-state index is 13.0. The highest BCUT2D eigenvalue weighted by Gasteiger charge is 2.19. The van der Waals surface area contributed by atoms with Gasteiger partial charge in [0.2, 0.25) is 5.91 Å². The lowest BCUT2D eigenvalue weighted by atomic mass is 10.1. The summed E-state index contributed by atoms with van der Waals surface area (Å²) in [5, 5.41) is 4.47. The van der Waals surface area contributed by atoms with Crippen molar-refractivity contribution in [3.8, 4) is 0 Å². The van der Waals surface area contributed by atoms with Gasteiger partial charge in [-0.15, -0.1) is 0 Å². The van der Waals surface area contributed by atoms with E-state index in [-0.39, 0.29) is 17.4 Å². The summed E-state index contributed by atoms with van der Waals surface area (Å²) in [6.07, 6.45) is 4.00. The van der Waals surface area contributed by atoms with Gasteiger partial charge in [0.05, 0.1) is 10.6 Å². The molecule has 1 saturated heterocycles. The summed E-state index contributed by atoms with van der Waals surface area (Å²) in [6.45, 7) is 3.90. The van der Waals surface area contributed by atoms with Crippen LogP contribution < -0.4 is 10.9 Å². The first-order chi connectivity index (χ1) is 14.9. The van der Waals surface area contributed by atoms with Crippen molar-refractivity contribution >= 4 is 39.9 Å². The lowest BCUT2D eigenvalue weighted by Crippen LogP contribution is -2.28. The normalized spacial score (nSPS) is 13.7. The van der Waals surface area contributed by atoms with Gasteiger partial charge < -0.3 is 14.8 Å². The molecule has 1 aromatic heterocycles. The summed E-state index contributed by atoms with van der Waals surface area (Å²) < 4.78 is 1.66. The molecule has 0 unspecified atom stereocenters. The van der Waals surface area contributed by atoms with E-state index in [2.05, 4.69) is 5.32 Å². The Morgan fingerprint density at radius 1 is 1.10 bits per heavy atom. The molecule has 2 aromatic carbocycles. The van der Waals surface area contributed by atoms with E-state index in [0.717, 1.165) is 24.9 Å². The van der Waals surface area contributed by atoms with Gasteiger partial charge in [0.15, 0.2) is 0 Å². The van der Waals surface area contributed by atoms with Crippen molar-refractivity contribution in [2.75, 3.05) is 18.4 Å². The number of rotatable bonds is 6. The van der Waals surface area contributed by atoms with Crippen LogP contribution >= 0.6 is 11.6 Å². The molecule has 1 N–H and O–H groups in total. The summed E-state index contributed by atoms with van der Waals surface area (Å²) in [6, 6.07) is 12.4. The van der Waals surface area contributed by atoms with Crippen LogP contribution in [-0.2, 0) is 11.3 Å². The number of nitrogens with one attached hydrogen (secondary N) is 1. The number of nitrogens with zero attached hydrogens (tertiary/aromatic N) is 2.